The first-order valence-corrected chi connectivity index (χ1v) is 11.4. The maximum Gasteiger partial charge on any atom is 0.302 e. The molecular weight excluding hydrogens is 390 g/mol. The van der Waals surface area contributed by atoms with Crippen molar-refractivity contribution < 1.29 is 26.4 Å². The average molecular weight is 412 g/mol. The number of carbonyl (C=O) groups is 1. The Morgan fingerprint density at radius 3 is 2.76 bits per heavy atom. The highest BCUT2D eigenvalue weighted by atomic mass is 32.3. The summed E-state index contributed by atoms with van der Waals surface area (Å²) in [6, 6.07) is 1.00. The Balaban J connectivity index is 2.32. The summed E-state index contributed by atoms with van der Waals surface area (Å²) in [7, 11) is -7.81. The number of fused-ring (bicyclic) bond motifs is 1. The Morgan fingerprint density at radius 2 is 2.20 bits per heavy atom. The molecule has 0 radical (unpaired) electrons. The molecule has 0 bridgehead atoms. The van der Waals surface area contributed by atoms with Crippen LogP contribution in [0.5, 0.6) is 0 Å². The van der Waals surface area contributed by atoms with Crippen LogP contribution in [0.2, 0.25) is 0 Å². The third-order valence-electron chi connectivity index (χ3n) is 3.63. The topological polar surface area (TPSA) is 136 Å². The van der Waals surface area contributed by atoms with Gasteiger partial charge < -0.3 is 10.1 Å². The van der Waals surface area contributed by atoms with Crippen LogP contribution in [-0.2, 0) is 29.6 Å². The molecule has 0 aromatic carbocycles. The summed E-state index contributed by atoms with van der Waals surface area (Å²) in [4.78, 5) is 10.8. The van der Waals surface area contributed by atoms with Gasteiger partial charge in [0.1, 0.15) is 8.42 Å². The van der Waals surface area contributed by atoms with Crippen LogP contribution < -0.4 is 10.5 Å². The van der Waals surface area contributed by atoms with Crippen molar-refractivity contribution >= 4 is 37.4 Å². The van der Waals surface area contributed by atoms with Crippen LogP contribution in [-0.4, -0.2) is 53.4 Å². The second kappa shape index (κ2) is 7.68. The summed E-state index contributed by atoms with van der Waals surface area (Å²) < 4.78 is 54.7. The van der Waals surface area contributed by atoms with E-state index >= 15 is 0 Å². The molecule has 0 fully saturated rings. The predicted octanol–water partition coefficient (Wildman–Crippen LogP) is 0.00360. The zero-order valence-corrected chi connectivity index (χ0v) is 16.3. The van der Waals surface area contributed by atoms with Gasteiger partial charge in [0.2, 0.25) is 10.0 Å². The lowest BCUT2D eigenvalue weighted by Gasteiger charge is -2.32. The maximum absolute atomic E-state index is 12.8. The lowest BCUT2D eigenvalue weighted by atomic mass is 10.1. The van der Waals surface area contributed by atoms with E-state index in [0.29, 0.717) is 29.9 Å². The molecule has 2 heterocycles. The van der Waals surface area contributed by atoms with E-state index in [1.807, 2.05) is 6.92 Å². The molecule has 0 amide bonds. The van der Waals surface area contributed by atoms with E-state index in [2.05, 4.69) is 5.32 Å². The second-order valence-corrected chi connectivity index (χ2v) is 10.5. The number of carbonyl (C=O) groups excluding carboxylic acids is 1. The molecule has 1 aliphatic rings. The van der Waals surface area contributed by atoms with Crippen molar-refractivity contribution in [2.45, 2.75) is 34.7 Å². The minimum atomic E-state index is -3.98. The van der Waals surface area contributed by atoms with Crippen molar-refractivity contribution in [1.82, 2.24) is 9.62 Å². The smallest absolute Gasteiger partial charge is 0.302 e. The molecule has 0 unspecified atom stereocenters. The standard InChI is InChI=1S/C13H21N3O6S3/c1-3-15-11-8-16(5-4-6-22-9(2)17)25(20,21)13-10(11)7-12(23-13)24(14,18)19/h7,11,15H,3-6,8H2,1-2H3,(H2,14,18,19)/t11-/m0/s1. The van der Waals surface area contributed by atoms with Crippen LogP contribution in [0, 0.1) is 0 Å². The number of primary sulfonamides is 1. The van der Waals surface area contributed by atoms with E-state index in [-0.39, 0.29) is 34.2 Å². The van der Waals surface area contributed by atoms with Crippen LogP contribution in [0.15, 0.2) is 14.5 Å². The number of nitrogens with zero attached hydrogens (tertiary/aromatic N) is 1. The molecule has 0 saturated carbocycles. The van der Waals surface area contributed by atoms with Gasteiger partial charge in [0.15, 0.2) is 0 Å². The third kappa shape index (κ3) is 4.57. The van der Waals surface area contributed by atoms with Gasteiger partial charge in [-0.05, 0) is 19.0 Å². The third-order valence-corrected chi connectivity index (χ3v) is 8.59. The molecule has 0 saturated heterocycles. The Morgan fingerprint density at radius 1 is 1.52 bits per heavy atom. The Bertz CT molecular complexity index is 846. The highest BCUT2D eigenvalue weighted by molar-refractivity contribution is 7.94. The molecule has 12 heteroatoms. The Kier molecular flexibility index (Phi) is 6.22. The van der Waals surface area contributed by atoms with Crippen molar-refractivity contribution in [1.29, 1.82) is 0 Å². The number of nitrogens with two attached hydrogens (primary N) is 1. The highest BCUT2D eigenvalue weighted by Crippen LogP contribution is 2.39. The molecule has 9 nitrogen and oxygen atoms in total. The van der Waals surface area contributed by atoms with Gasteiger partial charge in [0.25, 0.3) is 10.0 Å². The van der Waals surface area contributed by atoms with Crippen LogP contribution in [0.1, 0.15) is 31.9 Å². The summed E-state index contributed by atoms with van der Waals surface area (Å²) in [5.41, 5.74) is 0.423. The molecule has 1 aliphatic heterocycles. The van der Waals surface area contributed by atoms with Gasteiger partial charge in [-0.2, -0.15) is 4.31 Å². The molecule has 3 N–H and O–H groups in total. The zero-order chi connectivity index (χ0) is 18.8. The van der Waals surface area contributed by atoms with Crippen LogP contribution in [0.4, 0.5) is 0 Å². The van der Waals surface area contributed by atoms with Crippen LogP contribution in [0.3, 0.4) is 0 Å². The normalized spacial score (nSPS) is 20.2. The second-order valence-electron chi connectivity index (χ2n) is 5.52. The van der Waals surface area contributed by atoms with E-state index in [0.717, 1.165) is 0 Å². The number of esters is 1. The molecular formula is C13H21N3O6S3. The van der Waals surface area contributed by atoms with E-state index in [4.69, 9.17) is 9.88 Å². The number of thiophene rings is 1. The maximum atomic E-state index is 12.8. The van der Waals surface area contributed by atoms with E-state index < -0.39 is 26.0 Å². The van der Waals surface area contributed by atoms with Gasteiger partial charge in [-0.1, -0.05) is 6.92 Å². The van der Waals surface area contributed by atoms with Gasteiger partial charge in [0, 0.05) is 31.6 Å². The van der Waals surface area contributed by atoms with Crippen LogP contribution >= 0.6 is 11.3 Å². The monoisotopic (exact) mass is 411 g/mol. The lowest BCUT2D eigenvalue weighted by molar-refractivity contribution is -0.141. The number of sulfonamides is 2. The molecule has 142 valence electrons. The summed E-state index contributed by atoms with van der Waals surface area (Å²) in [6.45, 7) is 4.20. The molecule has 1 aromatic rings. The van der Waals surface area contributed by atoms with E-state index in [9.17, 15) is 21.6 Å². The van der Waals surface area contributed by atoms with E-state index in [1.54, 1.807) is 0 Å². The first kappa shape index (κ1) is 20.3. The van der Waals surface area contributed by atoms with Crippen molar-refractivity contribution in [2.75, 3.05) is 26.2 Å². The first-order chi connectivity index (χ1) is 11.6. The quantitative estimate of drug-likeness (QED) is 0.476. The largest absolute Gasteiger partial charge is 0.466 e. The molecule has 1 aromatic heterocycles. The molecule has 2 rings (SSSR count). The summed E-state index contributed by atoms with van der Waals surface area (Å²) in [5.74, 6) is -0.426. The number of nitrogens with one attached hydrogen (secondary N) is 1. The summed E-state index contributed by atoms with van der Waals surface area (Å²) in [5, 5.41) is 8.30. The fraction of sp³-hybridized carbons (Fsp3) is 0.615. The van der Waals surface area contributed by atoms with Crippen molar-refractivity contribution in [3.8, 4) is 0 Å². The van der Waals surface area contributed by atoms with Crippen molar-refractivity contribution in [3.05, 3.63) is 11.6 Å². The van der Waals surface area contributed by atoms with Gasteiger partial charge in [-0.3, -0.25) is 4.79 Å². The molecule has 1 atom stereocenters. The Hall–Kier alpha value is -1.05. The molecule has 0 spiro atoms. The van der Waals surface area contributed by atoms with Crippen molar-refractivity contribution in [3.63, 3.8) is 0 Å². The molecule has 25 heavy (non-hydrogen) atoms. The fourth-order valence-corrected chi connectivity index (χ4v) is 6.86. The lowest BCUT2D eigenvalue weighted by Crippen LogP contribution is -2.43. The fourth-order valence-electron chi connectivity index (χ4n) is 2.56. The minimum absolute atomic E-state index is 0.0128. The van der Waals surface area contributed by atoms with Gasteiger partial charge in [-0.25, -0.2) is 22.0 Å². The number of rotatable bonds is 7. The Labute approximate surface area is 151 Å². The predicted molar refractivity (Wildman–Crippen MR) is 92.1 cm³/mol. The summed E-state index contributed by atoms with van der Waals surface area (Å²) in [6.07, 6.45) is 0.348. The SMILES string of the molecule is CCN[C@H]1CN(CCCOC(C)=O)S(=O)(=O)c2sc(S(N)(=O)=O)cc21. The zero-order valence-electron chi connectivity index (χ0n) is 13.9. The number of ether oxygens (including phenoxy) is 1. The minimum Gasteiger partial charge on any atom is -0.466 e. The highest BCUT2D eigenvalue weighted by Gasteiger charge is 2.39. The van der Waals surface area contributed by atoms with Gasteiger partial charge >= 0.3 is 5.97 Å². The van der Waals surface area contributed by atoms with Crippen molar-refractivity contribution in [2.24, 2.45) is 5.14 Å². The van der Waals surface area contributed by atoms with Gasteiger partial charge in [-0.15, -0.1) is 11.3 Å². The molecule has 0 aliphatic carbocycles. The number of hydrogen-bond donors (Lipinski definition) is 2. The number of hydrogen-bond acceptors (Lipinski definition) is 8. The van der Waals surface area contributed by atoms with Gasteiger partial charge in [0.05, 0.1) is 6.61 Å². The number of likely N-dealkylation sites (N-methyl/N-ethyl adjacent to an activating group) is 1. The van der Waals surface area contributed by atoms with Crippen LogP contribution in [0.25, 0.3) is 0 Å². The average Bonchev–Trinajstić information content (AvgIpc) is 2.94. The summed E-state index contributed by atoms with van der Waals surface area (Å²) >= 11 is 0.659. The van der Waals surface area contributed by atoms with E-state index in [1.165, 1.54) is 17.3 Å². The first-order valence-electron chi connectivity index (χ1n) is 7.60.